The van der Waals surface area contributed by atoms with Crippen LogP contribution in [0.4, 0.5) is 0 Å². The molecule has 0 bridgehead atoms. The molecule has 9 heavy (non-hydrogen) atoms. The average Bonchev–Trinajstić information content (AvgIpc) is 2.43. The van der Waals surface area contributed by atoms with E-state index in [1.165, 1.54) is 0 Å². The van der Waals surface area contributed by atoms with Gasteiger partial charge in [-0.05, 0) is 0 Å². The summed E-state index contributed by atoms with van der Waals surface area (Å²) in [5.74, 6) is 0.667. The Labute approximate surface area is 59.0 Å². The molecule has 6 heteroatoms. The number of rotatable bonds is 1. The summed E-state index contributed by atoms with van der Waals surface area (Å²) in [5.41, 5.74) is 0. The van der Waals surface area contributed by atoms with Crippen molar-refractivity contribution in [3.63, 3.8) is 0 Å². The number of hydrogen-bond acceptors (Lipinski definition) is 4. The van der Waals surface area contributed by atoms with E-state index in [4.69, 9.17) is 31.0 Å². The first kappa shape index (κ1) is 9.56. The van der Waals surface area contributed by atoms with E-state index in [9.17, 15) is 0 Å². The highest BCUT2D eigenvalue weighted by Gasteiger charge is 2.19. The molecule has 1 fully saturated rings. The molecule has 1 rings (SSSR count). The van der Waals surface area contributed by atoms with Crippen molar-refractivity contribution in [3.05, 3.63) is 0 Å². The Morgan fingerprint density at radius 2 is 1.89 bits per heavy atom. The van der Waals surface area contributed by atoms with E-state index < -0.39 is 8.60 Å². The van der Waals surface area contributed by atoms with Gasteiger partial charge in [-0.2, -0.15) is 0 Å². The van der Waals surface area contributed by atoms with Crippen LogP contribution in [0.5, 0.6) is 0 Å². The lowest BCUT2D eigenvalue weighted by Crippen LogP contribution is -1.80. The third-order valence-corrected chi connectivity index (χ3v) is 0.919. The van der Waals surface area contributed by atoms with Crippen molar-refractivity contribution in [2.75, 3.05) is 12.5 Å². The minimum absolute atomic E-state index is 0.400. The van der Waals surface area contributed by atoms with Crippen molar-refractivity contribution < 1.29 is 19.4 Å². The molecule has 56 valence electrons. The summed E-state index contributed by atoms with van der Waals surface area (Å²) in [5, 5.41) is 0. The van der Waals surface area contributed by atoms with Crippen molar-refractivity contribution in [1.82, 2.24) is 0 Å². The molecule has 0 amide bonds. The predicted octanol–water partition coefficient (Wildman–Crippen LogP) is -0.186. The van der Waals surface area contributed by atoms with Gasteiger partial charge < -0.3 is 19.4 Å². The van der Waals surface area contributed by atoms with Crippen LogP contribution in [0.1, 0.15) is 0 Å². The molecule has 1 aliphatic heterocycles. The van der Waals surface area contributed by atoms with E-state index in [1.807, 2.05) is 0 Å². The van der Waals surface area contributed by atoms with Gasteiger partial charge in [0.05, 0.1) is 18.6 Å². The Balaban J connectivity index is 0.000000148. The third kappa shape index (κ3) is 11.9. The van der Waals surface area contributed by atoms with Crippen molar-refractivity contribution >= 4 is 20.2 Å². The fourth-order valence-electron chi connectivity index (χ4n) is 0.157. The Hall–Kier alpha value is 0.560. The maximum Gasteiger partial charge on any atom is 0.324 e. The van der Waals surface area contributed by atoms with Crippen LogP contribution < -0.4 is 0 Å². The number of ether oxygens (including phenoxy) is 1. The fraction of sp³-hybridized carbons (Fsp3) is 1.00. The van der Waals surface area contributed by atoms with E-state index in [1.54, 1.807) is 0 Å². The Morgan fingerprint density at radius 3 is 1.89 bits per heavy atom. The molecule has 4 nitrogen and oxygen atoms in total. The number of hydrogen-bond donors (Lipinski definition) is 3. The lowest BCUT2D eigenvalue weighted by molar-refractivity contribution is 0.368. The molecule has 0 aliphatic carbocycles. The molecular formula is C3H8ClO4P. The molecular weight excluding hydrogens is 166 g/mol. The summed E-state index contributed by atoms with van der Waals surface area (Å²) < 4.78 is 4.73. The van der Waals surface area contributed by atoms with Crippen LogP contribution >= 0.6 is 20.2 Å². The van der Waals surface area contributed by atoms with Crippen LogP contribution in [-0.4, -0.2) is 33.3 Å². The molecule has 0 aromatic rings. The van der Waals surface area contributed by atoms with E-state index in [2.05, 4.69) is 0 Å². The zero-order valence-electron chi connectivity index (χ0n) is 4.57. The van der Waals surface area contributed by atoms with Gasteiger partial charge in [-0.3, -0.25) is 0 Å². The fourth-order valence-corrected chi connectivity index (χ4v) is 0.335. The Bertz CT molecular complexity index is 64.1. The second kappa shape index (κ2) is 5.35. The molecule has 0 radical (unpaired) electrons. The zero-order chi connectivity index (χ0) is 7.28. The normalized spacial score (nSPS) is 23.0. The number of alkyl halides is 1. The van der Waals surface area contributed by atoms with Gasteiger partial charge in [0.25, 0.3) is 0 Å². The minimum Gasteiger partial charge on any atom is -0.372 e. The van der Waals surface area contributed by atoms with E-state index in [0.29, 0.717) is 12.0 Å². The molecule has 1 saturated heterocycles. The summed E-state index contributed by atoms with van der Waals surface area (Å²) in [6.07, 6.45) is 0.400. The highest BCUT2D eigenvalue weighted by atomic mass is 35.5. The van der Waals surface area contributed by atoms with E-state index in [0.717, 1.165) is 6.61 Å². The van der Waals surface area contributed by atoms with Crippen LogP contribution in [0.2, 0.25) is 0 Å². The quantitative estimate of drug-likeness (QED) is 0.293. The first-order valence-corrected chi connectivity index (χ1v) is 3.94. The Kier molecular flexibility index (Phi) is 5.69. The van der Waals surface area contributed by atoms with Crippen LogP contribution in [0.25, 0.3) is 0 Å². The predicted molar refractivity (Wildman–Crippen MR) is 34.0 cm³/mol. The maximum absolute atomic E-state index is 7.23. The van der Waals surface area contributed by atoms with Crippen LogP contribution in [0.3, 0.4) is 0 Å². The van der Waals surface area contributed by atoms with Crippen LogP contribution in [0, 0.1) is 0 Å². The SMILES string of the molecule is ClCC1CO1.OP(O)O. The smallest absolute Gasteiger partial charge is 0.324 e. The molecule has 3 N–H and O–H groups in total. The minimum atomic E-state index is -2.62. The lowest BCUT2D eigenvalue weighted by atomic mass is 10.6. The average molecular weight is 175 g/mol. The molecule has 1 heterocycles. The highest BCUT2D eigenvalue weighted by molar-refractivity contribution is 7.38. The summed E-state index contributed by atoms with van der Waals surface area (Å²) in [7, 11) is -2.62. The number of epoxide rings is 1. The molecule has 0 aromatic carbocycles. The summed E-state index contributed by atoms with van der Waals surface area (Å²) in [6, 6.07) is 0. The van der Waals surface area contributed by atoms with Crippen LogP contribution in [-0.2, 0) is 4.74 Å². The summed E-state index contributed by atoms with van der Waals surface area (Å²) in [4.78, 5) is 21.7. The largest absolute Gasteiger partial charge is 0.372 e. The van der Waals surface area contributed by atoms with Gasteiger partial charge in [-0.25, -0.2) is 0 Å². The molecule has 0 saturated carbocycles. The molecule has 0 spiro atoms. The molecule has 1 aliphatic rings. The highest BCUT2D eigenvalue weighted by Crippen LogP contribution is 2.11. The van der Waals surface area contributed by atoms with Gasteiger partial charge in [0, 0.05) is 0 Å². The van der Waals surface area contributed by atoms with Crippen molar-refractivity contribution in [3.8, 4) is 0 Å². The standard InChI is InChI=1S/C3H5ClO.H3O3P/c4-1-3-2-5-3;1-4(2)3/h3H,1-2H2;1-3H. The van der Waals surface area contributed by atoms with Gasteiger partial charge in [-0.1, -0.05) is 0 Å². The van der Waals surface area contributed by atoms with Gasteiger partial charge in [0.15, 0.2) is 0 Å². The van der Waals surface area contributed by atoms with E-state index >= 15 is 0 Å². The first-order chi connectivity index (χ1) is 4.16. The molecule has 1 unspecified atom stereocenters. The van der Waals surface area contributed by atoms with Gasteiger partial charge in [0.2, 0.25) is 0 Å². The van der Waals surface area contributed by atoms with Crippen molar-refractivity contribution in [2.24, 2.45) is 0 Å². The van der Waals surface area contributed by atoms with Crippen molar-refractivity contribution in [1.29, 1.82) is 0 Å². The molecule has 1 atom stereocenters. The van der Waals surface area contributed by atoms with Gasteiger partial charge in [0.1, 0.15) is 0 Å². The van der Waals surface area contributed by atoms with E-state index in [-0.39, 0.29) is 0 Å². The van der Waals surface area contributed by atoms with Gasteiger partial charge >= 0.3 is 8.60 Å². The summed E-state index contributed by atoms with van der Waals surface area (Å²) in [6.45, 7) is 0.878. The topological polar surface area (TPSA) is 73.2 Å². The second-order valence-electron chi connectivity index (χ2n) is 1.38. The molecule has 0 aromatic heterocycles. The second-order valence-corrected chi connectivity index (χ2v) is 2.22. The third-order valence-electron chi connectivity index (χ3n) is 0.574. The first-order valence-electron chi connectivity index (χ1n) is 2.21. The maximum atomic E-state index is 7.23. The number of halogens is 1. The zero-order valence-corrected chi connectivity index (χ0v) is 6.22. The van der Waals surface area contributed by atoms with Crippen molar-refractivity contribution in [2.45, 2.75) is 6.10 Å². The monoisotopic (exact) mass is 174 g/mol. The lowest BCUT2D eigenvalue weighted by Gasteiger charge is -1.76. The Morgan fingerprint density at radius 1 is 1.56 bits per heavy atom. The summed E-state index contributed by atoms with van der Waals surface area (Å²) >= 11 is 5.27. The van der Waals surface area contributed by atoms with Crippen LogP contribution in [0.15, 0.2) is 0 Å². The van der Waals surface area contributed by atoms with Gasteiger partial charge in [-0.15, -0.1) is 11.6 Å².